The molecule has 0 heterocycles. The van der Waals surface area contributed by atoms with Crippen LogP contribution in [0.3, 0.4) is 0 Å². The van der Waals surface area contributed by atoms with Crippen molar-refractivity contribution in [2.45, 2.75) is 31.9 Å². The molecule has 78 valence electrons. The maximum absolute atomic E-state index is 11.6. The average molecular weight is 205 g/mol. The van der Waals surface area contributed by atoms with Crippen molar-refractivity contribution in [1.29, 1.82) is 0 Å². The van der Waals surface area contributed by atoms with Gasteiger partial charge < -0.3 is 0 Å². The topological polar surface area (TPSA) is 37.4 Å². The lowest BCUT2D eigenvalue weighted by atomic mass is 9.77. The third-order valence-electron chi connectivity index (χ3n) is 3.00. The molecule has 4 heteroatoms. The number of sulfonamides is 1. The number of rotatable bonds is 3. The van der Waals surface area contributed by atoms with Gasteiger partial charge in [-0.1, -0.05) is 13.8 Å². The molecule has 13 heavy (non-hydrogen) atoms. The zero-order valence-electron chi connectivity index (χ0n) is 8.82. The van der Waals surface area contributed by atoms with Gasteiger partial charge >= 0.3 is 0 Å². The van der Waals surface area contributed by atoms with Crippen LogP contribution in [0.5, 0.6) is 0 Å². The first kappa shape index (κ1) is 11.0. The molecule has 0 aromatic carbocycles. The molecule has 0 unspecified atom stereocenters. The molecule has 1 saturated carbocycles. The summed E-state index contributed by atoms with van der Waals surface area (Å²) < 4.78 is 24.6. The highest BCUT2D eigenvalue weighted by Crippen LogP contribution is 2.38. The Hall–Kier alpha value is -0.0900. The highest BCUT2D eigenvalue weighted by Gasteiger charge is 2.40. The van der Waals surface area contributed by atoms with Gasteiger partial charge in [-0.15, -0.1) is 0 Å². The van der Waals surface area contributed by atoms with E-state index in [2.05, 4.69) is 13.8 Å². The van der Waals surface area contributed by atoms with Gasteiger partial charge in [0.1, 0.15) is 0 Å². The van der Waals surface area contributed by atoms with E-state index in [1.165, 1.54) is 4.31 Å². The monoisotopic (exact) mass is 205 g/mol. The minimum absolute atomic E-state index is 0.116. The molecule has 1 fully saturated rings. The van der Waals surface area contributed by atoms with Crippen LogP contribution < -0.4 is 0 Å². The minimum Gasteiger partial charge on any atom is -0.212 e. The Bertz CT molecular complexity index is 263. The maximum atomic E-state index is 11.6. The van der Waals surface area contributed by atoms with Crippen LogP contribution in [-0.4, -0.2) is 32.1 Å². The summed E-state index contributed by atoms with van der Waals surface area (Å²) in [6.07, 6.45) is 1.69. The molecule has 0 amide bonds. The van der Waals surface area contributed by atoms with Crippen LogP contribution in [0.2, 0.25) is 0 Å². The van der Waals surface area contributed by atoms with E-state index in [1.54, 1.807) is 14.1 Å². The quantitative estimate of drug-likeness (QED) is 0.696. The summed E-state index contributed by atoms with van der Waals surface area (Å²) in [5, 5.41) is -0.116. The molecule has 0 N–H and O–H groups in total. The third kappa shape index (κ3) is 2.05. The second-order valence-corrected chi connectivity index (χ2v) is 6.85. The summed E-state index contributed by atoms with van der Waals surface area (Å²) in [5.41, 5.74) is 0. The average Bonchev–Trinajstić information content (AvgIpc) is 1.80. The van der Waals surface area contributed by atoms with Gasteiger partial charge in [0.15, 0.2) is 0 Å². The molecule has 0 spiro atoms. The Labute approximate surface area is 81.2 Å². The minimum atomic E-state index is -2.97. The van der Waals surface area contributed by atoms with E-state index in [0.29, 0.717) is 11.8 Å². The Balaban J connectivity index is 2.53. The molecule has 1 aliphatic carbocycles. The lowest BCUT2D eigenvalue weighted by molar-refractivity contribution is 0.233. The standard InChI is InChI=1S/C9H19NO2S/c1-7(2)8-5-9(6-8)13(11,12)10(3)4/h7-9H,5-6H2,1-4H3. The van der Waals surface area contributed by atoms with Crippen LogP contribution in [0.4, 0.5) is 0 Å². The van der Waals surface area contributed by atoms with E-state index in [1.807, 2.05) is 0 Å². The summed E-state index contributed by atoms with van der Waals surface area (Å²) in [5.74, 6) is 1.23. The normalized spacial score (nSPS) is 29.4. The zero-order valence-corrected chi connectivity index (χ0v) is 9.63. The fourth-order valence-corrected chi connectivity index (χ4v) is 3.27. The van der Waals surface area contributed by atoms with E-state index >= 15 is 0 Å². The van der Waals surface area contributed by atoms with Gasteiger partial charge in [0.2, 0.25) is 10.0 Å². The summed E-state index contributed by atoms with van der Waals surface area (Å²) >= 11 is 0. The second-order valence-electron chi connectivity index (χ2n) is 4.42. The largest absolute Gasteiger partial charge is 0.216 e. The molecular weight excluding hydrogens is 186 g/mol. The maximum Gasteiger partial charge on any atom is 0.216 e. The van der Waals surface area contributed by atoms with Crippen molar-refractivity contribution in [1.82, 2.24) is 4.31 Å². The van der Waals surface area contributed by atoms with Crippen LogP contribution in [0.25, 0.3) is 0 Å². The first-order chi connectivity index (χ1) is 5.85. The van der Waals surface area contributed by atoms with Crippen molar-refractivity contribution in [3.8, 4) is 0 Å². The lowest BCUT2D eigenvalue weighted by Crippen LogP contribution is -2.43. The number of hydrogen-bond acceptors (Lipinski definition) is 2. The van der Waals surface area contributed by atoms with Crippen LogP contribution in [0, 0.1) is 11.8 Å². The van der Waals surface area contributed by atoms with Gasteiger partial charge in [0, 0.05) is 14.1 Å². The molecule has 0 bridgehead atoms. The first-order valence-electron chi connectivity index (χ1n) is 4.77. The Kier molecular flexibility index (Phi) is 3.02. The van der Waals surface area contributed by atoms with E-state index in [0.717, 1.165) is 12.8 Å². The zero-order chi connectivity index (χ0) is 10.2. The molecule has 0 aliphatic heterocycles. The SMILES string of the molecule is CC(C)C1CC(S(=O)(=O)N(C)C)C1. The smallest absolute Gasteiger partial charge is 0.212 e. The molecular formula is C9H19NO2S. The summed E-state index contributed by atoms with van der Waals surface area (Å²) in [7, 11) is 0.245. The van der Waals surface area contributed by atoms with Crippen molar-refractivity contribution in [3.05, 3.63) is 0 Å². The third-order valence-corrected chi connectivity index (χ3v) is 5.25. The van der Waals surface area contributed by atoms with Crippen LogP contribution >= 0.6 is 0 Å². The molecule has 0 radical (unpaired) electrons. The van der Waals surface area contributed by atoms with Crippen LogP contribution in [-0.2, 0) is 10.0 Å². The molecule has 0 aromatic heterocycles. The highest BCUT2D eigenvalue weighted by molar-refractivity contribution is 7.89. The fraction of sp³-hybridized carbons (Fsp3) is 1.00. The Morgan fingerprint density at radius 1 is 1.23 bits per heavy atom. The predicted molar refractivity (Wildman–Crippen MR) is 54.0 cm³/mol. The van der Waals surface area contributed by atoms with E-state index in [9.17, 15) is 8.42 Å². The van der Waals surface area contributed by atoms with Gasteiger partial charge in [-0.3, -0.25) is 0 Å². The van der Waals surface area contributed by atoms with Crippen LogP contribution in [0.15, 0.2) is 0 Å². The van der Waals surface area contributed by atoms with Gasteiger partial charge in [-0.05, 0) is 24.7 Å². The van der Waals surface area contributed by atoms with Crippen LogP contribution in [0.1, 0.15) is 26.7 Å². The summed E-state index contributed by atoms with van der Waals surface area (Å²) in [6.45, 7) is 4.31. The molecule has 0 atom stereocenters. The fourth-order valence-electron chi connectivity index (χ4n) is 1.69. The molecule has 3 nitrogen and oxygen atoms in total. The summed E-state index contributed by atoms with van der Waals surface area (Å²) in [6, 6.07) is 0. The van der Waals surface area contributed by atoms with Crippen molar-refractivity contribution in [3.63, 3.8) is 0 Å². The first-order valence-corrected chi connectivity index (χ1v) is 6.27. The van der Waals surface area contributed by atoms with Gasteiger partial charge in [-0.25, -0.2) is 12.7 Å². The molecule has 1 aliphatic rings. The van der Waals surface area contributed by atoms with Gasteiger partial charge in [0.25, 0.3) is 0 Å². The summed E-state index contributed by atoms with van der Waals surface area (Å²) in [4.78, 5) is 0. The van der Waals surface area contributed by atoms with E-state index in [-0.39, 0.29) is 5.25 Å². The van der Waals surface area contributed by atoms with Gasteiger partial charge in [0.05, 0.1) is 5.25 Å². The van der Waals surface area contributed by atoms with Crippen molar-refractivity contribution < 1.29 is 8.42 Å². The lowest BCUT2D eigenvalue weighted by Gasteiger charge is -2.38. The molecule has 0 aromatic rings. The number of hydrogen-bond donors (Lipinski definition) is 0. The Morgan fingerprint density at radius 2 is 1.69 bits per heavy atom. The van der Waals surface area contributed by atoms with E-state index < -0.39 is 10.0 Å². The van der Waals surface area contributed by atoms with E-state index in [4.69, 9.17) is 0 Å². The molecule has 1 rings (SSSR count). The second kappa shape index (κ2) is 3.58. The van der Waals surface area contributed by atoms with Crippen molar-refractivity contribution >= 4 is 10.0 Å². The Morgan fingerprint density at radius 3 is 2.00 bits per heavy atom. The van der Waals surface area contributed by atoms with Crippen molar-refractivity contribution in [2.24, 2.45) is 11.8 Å². The molecule has 0 saturated heterocycles. The highest BCUT2D eigenvalue weighted by atomic mass is 32.2. The van der Waals surface area contributed by atoms with Crippen molar-refractivity contribution in [2.75, 3.05) is 14.1 Å². The predicted octanol–water partition coefficient (Wildman–Crippen LogP) is 1.31. The van der Waals surface area contributed by atoms with Gasteiger partial charge in [-0.2, -0.15) is 0 Å². The number of nitrogens with zero attached hydrogens (tertiary/aromatic N) is 1.